The Kier molecular flexibility index (Phi) is 6.99. The van der Waals surface area contributed by atoms with Crippen LogP contribution in [-0.2, 0) is 17.9 Å². The van der Waals surface area contributed by atoms with Crippen LogP contribution in [0.4, 0.5) is 0 Å². The average Bonchev–Trinajstić information content (AvgIpc) is 2.58. The first-order chi connectivity index (χ1) is 11.5. The van der Waals surface area contributed by atoms with E-state index < -0.39 is 0 Å². The van der Waals surface area contributed by atoms with Crippen molar-refractivity contribution in [1.82, 2.24) is 10.3 Å². The molecule has 2 rings (SSSR count). The molecule has 24 heavy (non-hydrogen) atoms. The van der Waals surface area contributed by atoms with Gasteiger partial charge in [0, 0.05) is 6.54 Å². The highest BCUT2D eigenvalue weighted by Gasteiger charge is 2.10. The zero-order valence-corrected chi connectivity index (χ0v) is 16.2. The second kappa shape index (κ2) is 8.98. The Morgan fingerprint density at radius 2 is 1.83 bits per heavy atom. The van der Waals surface area contributed by atoms with Crippen LogP contribution >= 0.6 is 22.6 Å². The molecule has 0 aliphatic rings. The van der Waals surface area contributed by atoms with Crippen molar-refractivity contribution in [2.75, 3.05) is 7.11 Å². The van der Waals surface area contributed by atoms with Gasteiger partial charge in [0.2, 0.25) is 0 Å². The van der Waals surface area contributed by atoms with E-state index in [-0.39, 0.29) is 12.0 Å². The van der Waals surface area contributed by atoms with Crippen LogP contribution in [0.1, 0.15) is 35.5 Å². The van der Waals surface area contributed by atoms with Gasteiger partial charge in [-0.25, -0.2) is 4.98 Å². The molecular weight excluding hydrogens is 419 g/mol. The predicted octanol–water partition coefficient (Wildman–Crippen LogP) is 3.55. The van der Waals surface area contributed by atoms with Crippen molar-refractivity contribution in [1.29, 1.82) is 0 Å². The Labute approximate surface area is 155 Å². The van der Waals surface area contributed by atoms with Gasteiger partial charge in [-0.2, -0.15) is 0 Å². The van der Waals surface area contributed by atoms with E-state index in [0.717, 1.165) is 11.1 Å². The van der Waals surface area contributed by atoms with Crippen LogP contribution in [0, 0.1) is 3.70 Å². The van der Waals surface area contributed by atoms with E-state index in [4.69, 9.17) is 9.47 Å². The van der Waals surface area contributed by atoms with Crippen LogP contribution in [0.25, 0.3) is 0 Å². The maximum absolute atomic E-state index is 12.2. The number of carbonyl (C=O) groups excluding carboxylic acids is 1. The summed E-state index contributed by atoms with van der Waals surface area (Å²) in [6.45, 7) is 5.07. The highest BCUT2D eigenvalue weighted by molar-refractivity contribution is 14.1. The minimum absolute atomic E-state index is 0.206. The largest absolute Gasteiger partial charge is 0.494 e. The summed E-state index contributed by atoms with van der Waals surface area (Å²) < 4.78 is 11.4. The van der Waals surface area contributed by atoms with Gasteiger partial charge in [0.05, 0.1) is 19.8 Å². The van der Waals surface area contributed by atoms with Crippen molar-refractivity contribution >= 4 is 28.5 Å². The van der Waals surface area contributed by atoms with Crippen molar-refractivity contribution in [3.8, 4) is 5.75 Å². The van der Waals surface area contributed by atoms with E-state index in [9.17, 15) is 4.79 Å². The molecule has 5 nitrogen and oxygen atoms in total. The molecule has 0 saturated heterocycles. The number of aromatic nitrogens is 1. The van der Waals surface area contributed by atoms with Crippen molar-refractivity contribution in [2.45, 2.75) is 33.1 Å². The van der Waals surface area contributed by atoms with Crippen LogP contribution < -0.4 is 10.1 Å². The first kappa shape index (κ1) is 18.7. The van der Waals surface area contributed by atoms with Gasteiger partial charge in [0.15, 0.2) is 5.75 Å². The van der Waals surface area contributed by atoms with Gasteiger partial charge in [-0.3, -0.25) is 4.79 Å². The third-order valence-corrected chi connectivity index (χ3v) is 4.10. The van der Waals surface area contributed by atoms with Gasteiger partial charge in [-0.05, 0) is 59.7 Å². The fraction of sp³-hybridized carbons (Fsp3) is 0.333. The molecule has 0 aliphatic heterocycles. The van der Waals surface area contributed by atoms with E-state index in [1.807, 2.05) is 60.7 Å². The number of halogens is 1. The van der Waals surface area contributed by atoms with Crippen LogP contribution in [-0.4, -0.2) is 24.1 Å². The lowest BCUT2D eigenvalue weighted by atomic mass is 10.1. The summed E-state index contributed by atoms with van der Waals surface area (Å²) in [5.41, 5.74) is 2.52. The molecule has 0 aliphatic carbocycles. The molecule has 1 aromatic heterocycles. The summed E-state index contributed by atoms with van der Waals surface area (Å²) in [6, 6.07) is 11.4. The number of hydrogen-bond donors (Lipinski definition) is 1. The van der Waals surface area contributed by atoms with E-state index in [0.29, 0.717) is 28.3 Å². The standard InChI is InChI=1S/C18H21IN2O3/c1-12(2)24-11-14-6-4-13(5-7-14)10-20-18(22)15-8-9-16(23-3)17(19)21-15/h4-9,12H,10-11H2,1-3H3,(H,20,22). The Morgan fingerprint density at radius 3 is 2.42 bits per heavy atom. The topological polar surface area (TPSA) is 60.5 Å². The second-order valence-corrected chi connectivity index (χ2v) is 6.57. The molecule has 6 heteroatoms. The number of nitrogens with zero attached hydrogens (tertiary/aromatic N) is 1. The number of rotatable bonds is 7. The molecule has 1 N–H and O–H groups in total. The number of nitrogens with one attached hydrogen (secondary N) is 1. The minimum Gasteiger partial charge on any atom is -0.494 e. The first-order valence-corrected chi connectivity index (χ1v) is 8.75. The van der Waals surface area contributed by atoms with E-state index in [1.54, 1.807) is 19.2 Å². The second-order valence-electron chi connectivity index (χ2n) is 5.55. The van der Waals surface area contributed by atoms with E-state index in [2.05, 4.69) is 10.3 Å². The lowest BCUT2D eigenvalue weighted by Crippen LogP contribution is -2.24. The van der Waals surface area contributed by atoms with Gasteiger partial charge in [0.1, 0.15) is 9.39 Å². The summed E-state index contributed by atoms with van der Waals surface area (Å²) in [4.78, 5) is 16.4. The molecule has 0 fully saturated rings. The molecule has 128 valence electrons. The number of benzene rings is 1. The van der Waals surface area contributed by atoms with Crippen molar-refractivity contribution < 1.29 is 14.3 Å². The van der Waals surface area contributed by atoms with Gasteiger partial charge in [0.25, 0.3) is 5.91 Å². The minimum atomic E-state index is -0.206. The molecule has 1 heterocycles. The molecular formula is C18H21IN2O3. The maximum Gasteiger partial charge on any atom is 0.270 e. The Balaban J connectivity index is 1.90. The van der Waals surface area contributed by atoms with Crippen molar-refractivity contribution in [3.05, 3.63) is 56.9 Å². The zero-order chi connectivity index (χ0) is 17.5. The number of carbonyl (C=O) groups is 1. The molecule has 0 atom stereocenters. The Bertz CT molecular complexity index is 687. The lowest BCUT2D eigenvalue weighted by molar-refractivity contribution is 0.0657. The summed E-state index contributed by atoms with van der Waals surface area (Å²) in [6.07, 6.45) is 0.212. The summed E-state index contributed by atoms with van der Waals surface area (Å²) in [5.74, 6) is 0.453. The average molecular weight is 440 g/mol. The van der Waals surface area contributed by atoms with Gasteiger partial charge < -0.3 is 14.8 Å². The summed E-state index contributed by atoms with van der Waals surface area (Å²) >= 11 is 2.05. The van der Waals surface area contributed by atoms with Crippen LogP contribution in [0.3, 0.4) is 0 Å². The monoisotopic (exact) mass is 440 g/mol. The molecule has 0 radical (unpaired) electrons. The number of pyridine rings is 1. The van der Waals surface area contributed by atoms with Crippen LogP contribution in [0.5, 0.6) is 5.75 Å². The smallest absolute Gasteiger partial charge is 0.270 e. The molecule has 0 bridgehead atoms. The quantitative estimate of drug-likeness (QED) is 0.529. The van der Waals surface area contributed by atoms with Gasteiger partial charge in [-0.1, -0.05) is 24.3 Å². The Morgan fingerprint density at radius 1 is 1.17 bits per heavy atom. The first-order valence-electron chi connectivity index (χ1n) is 7.67. The molecule has 1 aromatic carbocycles. The Hall–Kier alpha value is -1.67. The highest BCUT2D eigenvalue weighted by atomic mass is 127. The summed E-state index contributed by atoms with van der Waals surface area (Å²) in [5, 5.41) is 2.87. The van der Waals surface area contributed by atoms with Gasteiger partial charge >= 0.3 is 0 Å². The van der Waals surface area contributed by atoms with Gasteiger partial charge in [-0.15, -0.1) is 0 Å². The number of amides is 1. The molecule has 0 spiro atoms. The van der Waals surface area contributed by atoms with E-state index in [1.165, 1.54) is 0 Å². The third kappa shape index (κ3) is 5.45. The number of hydrogen-bond acceptors (Lipinski definition) is 4. The van der Waals surface area contributed by atoms with Crippen LogP contribution in [0.15, 0.2) is 36.4 Å². The predicted molar refractivity (Wildman–Crippen MR) is 101 cm³/mol. The summed E-state index contributed by atoms with van der Waals surface area (Å²) in [7, 11) is 1.58. The number of methoxy groups -OCH3 is 1. The number of ether oxygens (including phenoxy) is 2. The lowest BCUT2D eigenvalue weighted by Gasteiger charge is -2.09. The van der Waals surface area contributed by atoms with Crippen molar-refractivity contribution in [3.63, 3.8) is 0 Å². The fourth-order valence-electron chi connectivity index (χ4n) is 1.99. The normalized spacial score (nSPS) is 10.7. The van der Waals surface area contributed by atoms with Crippen LogP contribution in [0.2, 0.25) is 0 Å². The van der Waals surface area contributed by atoms with E-state index >= 15 is 0 Å². The molecule has 0 unspecified atom stereocenters. The fourth-order valence-corrected chi connectivity index (χ4v) is 2.65. The maximum atomic E-state index is 12.2. The molecule has 1 amide bonds. The SMILES string of the molecule is COc1ccc(C(=O)NCc2ccc(COC(C)C)cc2)nc1I. The molecule has 2 aromatic rings. The zero-order valence-electron chi connectivity index (χ0n) is 14.0. The van der Waals surface area contributed by atoms with Crippen molar-refractivity contribution in [2.24, 2.45) is 0 Å². The molecule has 0 saturated carbocycles. The highest BCUT2D eigenvalue weighted by Crippen LogP contribution is 2.18. The third-order valence-electron chi connectivity index (χ3n) is 3.33.